The van der Waals surface area contributed by atoms with Crippen molar-refractivity contribution >= 4 is 29.1 Å². The van der Waals surface area contributed by atoms with Crippen LogP contribution in [0.25, 0.3) is 11.3 Å². The standard InChI is InChI=1S/C26H34N4O4S/c1-26(2,3)29-17-10-11-21(18(14-17)25(33)34-4)30-13-12-19(24(30)32)27-22(31)23-28-20(15-35-23)16-8-6-5-7-9-16/h5-9,15,17-19,21,29H,10-14H2,1-4H3,(H,27,31)/t17-,18-,19+,21+/m1/s1. The number of carbonyl (C=O) groups is 3. The summed E-state index contributed by atoms with van der Waals surface area (Å²) in [5.74, 6) is -1.16. The van der Waals surface area contributed by atoms with E-state index in [-0.39, 0.29) is 41.3 Å². The average Bonchev–Trinajstić information content (AvgIpc) is 3.46. The molecule has 188 valence electrons. The van der Waals surface area contributed by atoms with Gasteiger partial charge in [-0.05, 0) is 46.5 Å². The van der Waals surface area contributed by atoms with E-state index in [2.05, 4.69) is 36.4 Å². The van der Waals surface area contributed by atoms with Gasteiger partial charge in [0.25, 0.3) is 5.91 Å². The lowest BCUT2D eigenvalue weighted by atomic mass is 9.80. The monoisotopic (exact) mass is 498 g/mol. The van der Waals surface area contributed by atoms with Crippen LogP contribution in [0.3, 0.4) is 0 Å². The van der Waals surface area contributed by atoms with Crippen LogP contribution in [0.4, 0.5) is 0 Å². The molecule has 1 aromatic heterocycles. The van der Waals surface area contributed by atoms with Crippen molar-refractivity contribution in [2.45, 2.75) is 70.1 Å². The fraction of sp³-hybridized carbons (Fsp3) is 0.538. The summed E-state index contributed by atoms with van der Waals surface area (Å²) in [6.45, 7) is 6.82. The second kappa shape index (κ2) is 10.5. The van der Waals surface area contributed by atoms with Crippen molar-refractivity contribution in [2.75, 3.05) is 13.7 Å². The van der Waals surface area contributed by atoms with E-state index >= 15 is 0 Å². The summed E-state index contributed by atoms with van der Waals surface area (Å²) >= 11 is 1.26. The number of hydrogen-bond acceptors (Lipinski definition) is 7. The van der Waals surface area contributed by atoms with Gasteiger partial charge in [0.2, 0.25) is 5.91 Å². The average molecular weight is 499 g/mol. The SMILES string of the molecule is COC(=O)[C@@H]1C[C@H](NC(C)(C)C)CC[C@@H]1N1CC[C@H](NC(=O)c2nc(-c3ccccc3)cs2)C1=O. The molecule has 4 atom stereocenters. The minimum Gasteiger partial charge on any atom is -0.469 e. The van der Waals surface area contributed by atoms with Crippen molar-refractivity contribution < 1.29 is 19.1 Å². The molecule has 0 unspecified atom stereocenters. The Bertz CT molecular complexity index is 1060. The third-order valence-electron chi connectivity index (χ3n) is 6.67. The number of benzene rings is 1. The van der Waals surface area contributed by atoms with E-state index < -0.39 is 6.04 Å². The molecule has 35 heavy (non-hydrogen) atoms. The number of methoxy groups -OCH3 is 1. The first kappa shape index (κ1) is 25.3. The number of esters is 1. The van der Waals surface area contributed by atoms with E-state index in [4.69, 9.17) is 4.74 Å². The number of thiazole rings is 1. The third-order valence-corrected chi connectivity index (χ3v) is 7.51. The van der Waals surface area contributed by atoms with E-state index in [0.717, 1.165) is 17.7 Å². The van der Waals surface area contributed by atoms with Crippen molar-refractivity contribution in [1.29, 1.82) is 0 Å². The molecule has 2 amide bonds. The van der Waals surface area contributed by atoms with Crippen molar-refractivity contribution in [2.24, 2.45) is 5.92 Å². The largest absolute Gasteiger partial charge is 0.469 e. The van der Waals surface area contributed by atoms with Crippen molar-refractivity contribution in [3.63, 3.8) is 0 Å². The lowest BCUT2D eigenvalue weighted by Crippen LogP contribution is -2.55. The minimum atomic E-state index is -0.615. The molecule has 0 radical (unpaired) electrons. The van der Waals surface area contributed by atoms with Crippen LogP contribution in [0.1, 0.15) is 56.3 Å². The summed E-state index contributed by atoms with van der Waals surface area (Å²) in [7, 11) is 1.40. The highest BCUT2D eigenvalue weighted by Gasteiger charge is 2.45. The first-order valence-corrected chi connectivity index (χ1v) is 13.0. The molecule has 1 aliphatic carbocycles. The van der Waals surface area contributed by atoms with Gasteiger partial charge in [0.15, 0.2) is 5.01 Å². The number of carbonyl (C=O) groups excluding carboxylic acids is 3. The van der Waals surface area contributed by atoms with Gasteiger partial charge in [0, 0.05) is 35.1 Å². The van der Waals surface area contributed by atoms with Crippen LogP contribution in [0.15, 0.2) is 35.7 Å². The minimum absolute atomic E-state index is 0.0623. The Balaban J connectivity index is 1.41. The molecule has 2 N–H and O–H groups in total. The molecule has 2 aliphatic rings. The quantitative estimate of drug-likeness (QED) is 0.593. The van der Waals surface area contributed by atoms with Gasteiger partial charge >= 0.3 is 5.97 Å². The molecular weight excluding hydrogens is 464 g/mol. The van der Waals surface area contributed by atoms with Crippen LogP contribution < -0.4 is 10.6 Å². The predicted molar refractivity (Wildman–Crippen MR) is 135 cm³/mol. The van der Waals surface area contributed by atoms with E-state index in [1.54, 1.807) is 4.90 Å². The van der Waals surface area contributed by atoms with E-state index in [1.165, 1.54) is 18.4 Å². The lowest BCUT2D eigenvalue weighted by molar-refractivity contribution is -0.151. The Labute approximate surface area is 210 Å². The topological polar surface area (TPSA) is 101 Å². The summed E-state index contributed by atoms with van der Waals surface area (Å²) in [4.78, 5) is 45.0. The Morgan fingerprint density at radius 2 is 1.89 bits per heavy atom. The van der Waals surface area contributed by atoms with Gasteiger partial charge in [-0.25, -0.2) is 4.98 Å². The van der Waals surface area contributed by atoms with E-state index in [1.807, 2.05) is 35.7 Å². The van der Waals surface area contributed by atoms with Crippen molar-refractivity contribution in [3.05, 3.63) is 40.7 Å². The summed E-state index contributed by atoms with van der Waals surface area (Å²) in [5, 5.41) is 8.62. The van der Waals surface area contributed by atoms with Crippen LogP contribution in [-0.4, -0.2) is 65.0 Å². The first-order chi connectivity index (χ1) is 16.7. The first-order valence-electron chi connectivity index (χ1n) is 12.1. The second-order valence-corrected chi connectivity index (χ2v) is 11.2. The molecular formula is C26H34N4O4S. The molecule has 1 aromatic carbocycles. The second-order valence-electron chi connectivity index (χ2n) is 10.4. The number of nitrogens with zero attached hydrogens (tertiary/aromatic N) is 2. The highest BCUT2D eigenvalue weighted by Crippen LogP contribution is 2.33. The Kier molecular flexibility index (Phi) is 7.56. The molecule has 2 fully saturated rings. The van der Waals surface area contributed by atoms with Crippen LogP contribution in [0.2, 0.25) is 0 Å². The Hall–Kier alpha value is -2.78. The van der Waals surface area contributed by atoms with E-state index in [0.29, 0.717) is 30.8 Å². The number of nitrogens with one attached hydrogen (secondary N) is 2. The molecule has 1 saturated carbocycles. The number of aromatic nitrogens is 1. The molecule has 0 bridgehead atoms. The van der Waals surface area contributed by atoms with Gasteiger partial charge in [-0.15, -0.1) is 11.3 Å². The fourth-order valence-electron chi connectivity index (χ4n) is 5.18. The predicted octanol–water partition coefficient (Wildman–Crippen LogP) is 3.24. The number of ether oxygens (including phenoxy) is 1. The Morgan fingerprint density at radius 3 is 2.57 bits per heavy atom. The molecule has 4 rings (SSSR count). The molecule has 9 heteroatoms. The van der Waals surface area contributed by atoms with Crippen molar-refractivity contribution in [3.8, 4) is 11.3 Å². The number of hydrogen-bond donors (Lipinski definition) is 2. The molecule has 1 saturated heterocycles. The Morgan fingerprint density at radius 1 is 1.14 bits per heavy atom. The van der Waals surface area contributed by atoms with Gasteiger partial charge in [-0.1, -0.05) is 30.3 Å². The molecule has 1 aliphatic heterocycles. The molecule has 8 nitrogen and oxygen atoms in total. The normalized spacial score (nSPS) is 24.9. The molecule has 2 aromatic rings. The maximum absolute atomic E-state index is 13.3. The fourth-order valence-corrected chi connectivity index (χ4v) is 5.91. The maximum atomic E-state index is 13.3. The molecule has 0 spiro atoms. The zero-order chi connectivity index (χ0) is 25.2. The van der Waals surface area contributed by atoms with Crippen LogP contribution in [-0.2, 0) is 14.3 Å². The number of likely N-dealkylation sites (tertiary alicyclic amines) is 1. The highest BCUT2D eigenvalue weighted by atomic mass is 32.1. The van der Waals surface area contributed by atoms with Gasteiger partial charge < -0.3 is 20.3 Å². The zero-order valence-electron chi connectivity index (χ0n) is 20.7. The number of amides is 2. The van der Waals surface area contributed by atoms with Gasteiger partial charge in [-0.3, -0.25) is 14.4 Å². The maximum Gasteiger partial charge on any atom is 0.310 e. The van der Waals surface area contributed by atoms with Gasteiger partial charge in [0.1, 0.15) is 6.04 Å². The number of rotatable bonds is 6. The summed E-state index contributed by atoms with van der Waals surface area (Å²) < 4.78 is 5.10. The summed E-state index contributed by atoms with van der Waals surface area (Å²) in [6.07, 6.45) is 2.72. The van der Waals surface area contributed by atoms with Gasteiger partial charge in [-0.2, -0.15) is 0 Å². The molecule has 2 heterocycles. The van der Waals surface area contributed by atoms with Crippen LogP contribution in [0, 0.1) is 5.92 Å². The summed E-state index contributed by atoms with van der Waals surface area (Å²) in [5.41, 5.74) is 1.62. The van der Waals surface area contributed by atoms with Crippen LogP contribution in [0.5, 0.6) is 0 Å². The lowest BCUT2D eigenvalue weighted by Gasteiger charge is -2.41. The zero-order valence-corrected chi connectivity index (χ0v) is 21.6. The van der Waals surface area contributed by atoms with Crippen molar-refractivity contribution in [1.82, 2.24) is 20.5 Å². The smallest absolute Gasteiger partial charge is 0.310 e. The summed E-state index contributed by atoms with van der Waals surface area (Å²) in [6, 6.07) is 9.02. The van der Waals surface area contributed by atoms with E-state index in [9.17, 15) is 14.4 Å². The van der Waals surface area contributed by atoms with Crippen LogP contribution >= 0.6 is 11.3 Å². The van der Waals surface area contributed by atoms with Gasteiger partial charge in [0.05, 0.1) is 18.7 Å². The highest BCUT2D eigenvalue weighted by molar-refractivity contribution is 7.12. The third kappa shape index (κ3) is 5.90.